The van der Waals surface area contributed by atoms with Crippen molar-refractivity contribution in [2.24, 2.45) is 0 Å². The van der Waals surface area contributed by atoms with Crippen molar-refractivity contribution in [1.29, 1.82) is 0 Å². The smallest absolute Gasteiger partial charge is 0.255 e. The van der Waals surface area contributed by atoms with Gasteiger partial charge in [0.1, 0.15) is 103 Å². The van der Waals surface area contributed by atoms with Crippen molar-refractivity contribution in [3.63, 3.8) is 0 Å². The summed E-state index contributed by atoms with van der Waals surface area (Å²) in [5.74, 6) is -1.70. The Morgan fingerprint density at radius 2 is 0.386 bits per heavy atom. The first-order valence-electron chi connectivity index (χ1n) is 42.6. The fourth-order valence-corrected chi connectivity index (χ4v) is 28.0. The molecule has 19 rings (SSSR count). The Labute approximate surface area is 772 Å². The molecular formula is C117H96N2O10P3+. The monoisotopic (exact) mass is 1780 g/mol. The SMILES string of the molecule is O=C(Nc1ccccc1)c1ccccc1[O-].O=C(Nc1ccccc1)c1ccccc1[O-].O=C(c1ccccc1)c1ccc(O)cc1O.Oc1ccc([P+](c2ccccc2)(c2ccccc2)c2ccccc2)cc1.Oc1ccccc1O.c1ccc([P+](c2ccccc2)(c2ccccc2)c2ccccc2)cc1.c1ccc([P+](c2ccccc2)(c2ccccc2)c2ccccc2)cc1. The Hall–Kier alpha value is -16.3. The van der Waals surface area contributed by atoms with Gasteiger partial charge in [0, 0.05) is 34.1 Å². The quantitative estimate of drug-likeness (QED) is 0.0245. The number of phenolic OH excluding ortho intramolecular Hbond substituents is 5. The summed E-state index contributed by atoms with van der Waals surface area (Å²) in [5.41, 5.74) is 2.36. The van der Waals surface area contributed by atoms with Gasteiger partial charge >= 0.3 is 0 Å². The molecule has 0 atom stereocenters. The van der Waals surface area contributed by atoms with E-state index >= 15 is 0 Å². The molecule has 19 aromatic carbocycles. The second-order valence-electron chi connectivity index (χ2n) is 29.7. The summed E-state index contributed by atoms with van der Waals surface area (Å²) in [6, 6.07) is 177. The van der Waals surface area contributed by atoms with E-state index in [0.29, 0.717) is 22.7 Å². The molecule has 0 heterocycles. The summed E-state index contributed by atoms with van der Waals surface area (Å²) in [6.45, 7) is 0. The molecular weight excluding hydrogens is 1690 g/mol. The number of carbonyl (C=O) groups is 3. The van der Waals surface area contributed by atoms with E-state index in [9.17, 15) is 34.8 Å². The van der Waals surface area contributed by atoms with Crippen LogP contribution in [-0.2, 0) is 0 Å². The van der Waals surface area contributed by atoms with Gasteiger partial charge < -0.3 is 46.4 Å². The summed E-state index contributed by atoms with van der Waals surface area (Å²) in [5, 5.41) is 90.2. The molecule has 0 aliphatic rings. The minimum atomic E-state index is -2.04. The highest BCUT2D eigenvalue weighted by molar-refractivity contribution is 8.02. The summed E-state index contributed by atoms with van der Waals surface area (Å²) in [7, 11) is -5.85. The molecule has 648 valence electrons. The van der Waals surface area contributed by atoms with Gasteiger partial charge in [-0.05, 0) is 206 Å². The number of hydrogen-bond acceptors (Lipinski definition) is 10. The van der Waals surface area contributed by atoms with E-state index in [0.717, 1.165) is 6.07 Å². The van der Waals surface area contributed by atoms with Gasteiger partial charge in [-0.25, -0.2) is 0 Å². The number of benzene rings is 19. The predicted octanol–water partition coefficient (Wildman–Crippen LogP) is 20.1. The molecule has 12 nitrogen and oxygen atoms in total. The van der Waals surface area contributed by atoms with E-state index in [1.807, 2.05) is 42.5 Å². The van der Waals surface area contributed by atoms with E-state index < -0.39 is 21.8 Å². The Balaban J connectivity index is 0.000000134. The normalized spacial score (nSPS) is 10.6. The van der Waals surface area contributed by atoms with Gasteiger partial charge in [-0.15, -0.1) is 0 Å². The largest absolute Gasteiger partial charge is 0.872 e. The summed E-state index contributed by atoms with van der Waals surface area (Å²) in [4.78, 5) is 35.4. The van der Waals surface area contributed by atoms with Crippen LogP contribution in [0.3, 0.4) is 0 Å². The zero-order chi connectivity index (χ0) is 92.0. The number of rotatable bonds is 18. The van der Waals surface area contributed by atoms with Crippen LogP contribution in [0.5, 0.6) is 40.2 Å². The fraction of sp³-hybridized carbons (Fsp3) is 0. The minimum Gasteiger partial charge on any atom is -0.872 e. The van der Waals surface area contributed by atoms with Crippen LogP contribution in [0.4, 0.5) is 11.4 Å². The maximum Gasteiger partial charge on any atom is 0.255 e. The number of hydrogen-bond donors (Lipinski definition) is 7. The van der Waals surface area contributed by atoms with E-state index in [-0.39, 0.29) is 68.8 Å². The lowest BCUT2D eigenvalue weighted by Gasteiger charge is -2.27. The van der Waals surface area contributed by atoms with Crippen LogP contribution in [0.15, 0.2) is 540 Å². The highest BCUT2D eigenvalue weighted by Crippen LogP contribution is 2.57. The third-order valence-corrected chi connectivity index (χ3v) is 34.2. The van der Waals surface area contributed by atoms with Gasteiger partial charge in [-0.2, -0.15) is 0 Å². The zero-order valence-electron chi connectivity index (χ0n) is 72.0. The van der Waals surface area contributed by atoms with Crippen LogP contribution < -0.4 is 84.5 Å². The molecule has 15 heteroatoms. The molecule has 0 aliphatic carbocycles. The van der Waals surface area contributed by atoms with Crippen LogP contribution in [0.25, 0.3) is 0 Å². The van der Waals surface area contributed by atoms with Crippen molar-refractivity contribution in [3.8, 4) is 40.2 Å². The predicted molar refractivity (Wildman–Crippen MR) is 545 cm³/mol. The lowest BCUT2D eigenvalue weighted by Crippen LogP contribution is -2.38. The highest BCUT2D eigenvalue weighted by Gasteiger charge is 2.50. The molecule has 2 amide bonds. The Morgan fingerprint density at radius 1 is 0.189 bits per heavy atom. The van der Waals surface area contributed by atoms with Gasteiger partial charge in [0.25, 0.3) is 11.8 Å². The van der Waals surface area contributed by atoms with Crippen molar-refractivity contribution >= 4 is 114 Å². The van der Waals surface area contributed by atoms with Crippen molar-refractivity contribution < 1.29 is 50.1 Å². The van der Waals surface area contributed by atoms with Crippen LogP contribution in [0.1, 0.15) is 36.6 Å². The highest BCUT2D eigenvalue weighted by atomic mass is 31.2. The minimum absolute atomic E-state index is 0.0675. The molecule has 0 unspecified atom stereocenters. The first-order valence-corrected chi connectivity index (χ1v) is 48.0. The number of nitrogens with one attached hydrogen (secondary N) is 2. The lowest BCUT2D eigenvalue weighted by molar-refractivity contribution is -0.269. The first kappa shape index (κ1) is 93.3. The van der Waals surface area contributed by atoms with Crippen molar-refractivity contribution in [1.82, 2.24) is 0 Å². The molecule has 0 spiro atoms. The van der Waals surface area contributed by atoms with Gasteiger partial charge in [-0.1, -0.05) is 339 Å². The Bertz CT molecular complexity index is 6030. The number of carbonyl (C=O) groups excluding carboxylic acids is 3. The number of amides is 2. The molecule has 0 saturated carbocycles. The maximum atomic E-state index is 11.9. The average molecular weight is 1780 g/mol. The molecule has 0 aliphatic heterocycles. The fourth-order valence-electron chi connectivity index (χ4n) is 15.2. The van der Waals surface area contributed by atoms with Gasteiger partial charge in [-0.3, -0.25) is 14.4 Å². The van der Waals surface area contributed by atoms with E-state index in [1.54, 1.807) is 97.1 Å². The van der Waals surface area contributed by atoms with Crippen LogP contribution in [-0.4, -0.2) is 43.1 Å². The average Bonchev–Trinajstić information content (AvgIpc) is 0.744. The molecule has 19 aromatic rings. The van der Waals surface area contributed by atoms with E-state index in [4.69, 9.17) is 15.3 Å². The van der Waals surface area contributed by atoms with Crippen LogP contribution >= 0.6 is 21.8 Å². The van der Waals surface area contributed by atoms with Crippen molar-refractivity contribution in [2.45, 2.75) is 0 Å². The van der Waals surface area contributed by atoms with E-state index in [2.05, 4.69) is 356 Å². The molecule has 0 radical (unpaired) electrons. The van der Waals surface area contributed by atoms with Crippen molar-refractivity contribution in [2.75, 3.05) is 10.6 Å². The third kappa shape index (κ3) is 23.5. The number of ketones is 1. The molecule has 132 heavy (non-hydrogen) atoms. The number of anilines is 2. The molecule has 0 bridgehead atoms. The molecule has 0 aromatic heterocycles. The second-order valence-corrected chi connectivity index (χ2v) is 40.0. The number of para-hydroxylation sites is 6. The van der Waals surface area contributed by atoms with Crippen LogP contribution in [0.2, 0.25) is 0 Å². The second kappa shape index (κ2) is 47.5. The van der Waals surface area contributed by atoms with Gasteiger partial charge in [0.2, 0.25) is 0 Å². The summed E-state index contributed by atoms with van der Waals surface area (Å²) < 4.78 is 0. The molecule has 7 N–H and O–H groups in total. The topological polar surface area (TPSA) is 223 Å². The van der Waals surface area contributed by atoms with Gasteiger partial charge in [0.05, 0.1) is 5.56 Å². The Kier molecular flexibility index (Phi) is 33.6. The standard InChI is InChI=1S/C24H19OP.2C24H20P.2C13H11NO2.C13H10O3.C6H6O2/c25-20-16-18-24(19-17-20)26(21-10-4-1-5-11-21,22-12-6-2-7-13-22)23-14-8-3-9-15-23;2*1-5-13-21(14-6-1)25(22-15-7-2-8-16-22,23-17-9-3-10-18-23)24-19-11-4-12-20-24;2*15-12-9-5-4-8-11(12)13(16)14-10-6-2-1-3-7-10;14-10-6-7-11(12(15)8-10)13(16)9-4-2-1-3-5-9;7-5-3-1-2-4-6(5)8/h1-19H;2*1-20H;2*1-9,15H,(H,14,16);1-8,14-15H;1-4,7-8H/q;2*+1;;;;/p-1. The zero-order valence-corrected chi connectivity index (χ0v) is 74.7. The molecule has 0 saturated heterocycles. The first-order chi connectivity index (χ1) is 64.7. The Morgan fingerprint density at radius 3 is 0.614 bits per heavy atom. The van der Waals surface area contributed by atoms with Crippen LogP contribution in [0, 0.1) is 0 Å². The summed E-state index contributed by atoms with van der Waals surface area (Å²) >= 11 is 0. The summed E-state index contributed by atoms with van der Waals surface area (Å²) in [6.07, 6.45) is 0. The maximum absolute atomic E-state index is 11.9. The van der Waals surface area contributed by atoms with E-state index in [1.165, 1.54) is 112 Å². The van der Waals surface area contributed by atoms with Crippen molar-refractivity contribution in [3.05, 3.63) is 562 Å². The number of aromatic hydroxyl groups is 5. The molecule has 0 fully saturated rings. The lowest BCUT2D eigenvalue weighted by atomic mass is 10.0. The van der Waals surface area contributed by atoms with Gasteiger partial charge in [0.15, 0.2) is 17.3 Å². The third-order valence-electron chi connectivity index (χ3n) is 21.3. The number of phenols is 5.